The van der Waals surface area contributed by atoms with Gasteiger partial charge in [0, 0.05) is 31.1 Å². The fourth-order valence-electron chi connectivity index (χ4n) is 5.74. The number of carbonyl (C=O) groups is 5. The third-order valence-electron chi connectivity index (χ3n) is 8.20. The summed E-state index contributed by atoms with van der Waals surface area (Å²) in [5.74, 6) is -2.70. The second-order valence-corrected chi connectivity index (χ2v) is 13.5. The summed E-state index contributed by atoms with van der Waals surface area (Å²) in [7, 11) is 0. The van der Waals surface area contributed by atoms with Crippen LogP contribution >= 0.6 is 0 Å². The normalized spacial score (nSPS) is 16.9. The van der Waals surface area contributed by atoms with Crippen molar-refractivity contribution in [3.63, 3.8) is 0 Å². The van der Waals surface area contributed by atoms with E-state index in [0.29, 0.717) is 32.4 Å². The predicted octanol–water partition coefficient (Wildman–Crippen LogP) is 1.37. The van der Waals surface area contributed by atoms with Crippen LogP contribution in [0.2, 0.25) is 0 Å². The largest absolute Gasteiger partial charge is 0.391 e. The number of aliphatic hydroxyl groups excluding tert-OH is 1. The van der Waals surface area contributed by atoms with E-state index in [1.807, 2.05) is 47.6 Å². The number of hydrogen-bond donors (Lipinski definition) is 6. The van der Waals surface area contributed by atoms with E-state index in [1.54, 1.807) is 11.6 Å². The number of hydrogen-bond acceptors (Lipinski definition) is 7. The summed E-state index contributed by atoms with van der Waals surface area (Å²) in [6.45, 7) is 14.1. The van der Waals surface area contributed by atoms with Crippen molar-refractivity contribution in [1.29, 1.82) is 0 Å². The fraction of sp³-hybridized carbons (Fsp3) is 0.750. The summed E-state index contributed by atoms with van der Waals surface area (Å²) in [6.07, 6.45) is 1.70. The van der Waals surface area contributed by atoms with Gasteiger partial charge in [0.25, 0.3) is 0 Å². The Bertz CT molecular complexity index is 1170. The molecule has 1 fully saturated rings. The maximum atomic E-state index is 13.3. The lowest BCUT2D eigenvalue weighted by atomic mass is 9.90. The molecular formula is C32H55N7O6. The molecule has 0 aliphatic heterocycles. The Morgan fingerprint density at radius 2 is 1.62 bits per heavy atom. The molecule has 1 aromatic rings. The molecule has 5 amide bonds. The zero-order valence-electron chi connectivity index (χ0n) is 28.1. The van der Waals surface area contributed by atoms with E-state index in [0.717, 1.165) is 24.2 Å². The van der Waals surface area contributed by atoms with Gasteiger partial charge >= 0.3 is 0 Å². The Labute approximate surface area is 267 Å². The zero-order valence-corrected chi connectivity index (χ0v) is 28.1. The van der Waals surface area contributed by atoms with E-state index in [4.69, 9.17) is 5.73 Å². The molecule has 7 N–H and O–H groups in total. The summed E-state index contributed by atoms with van der Waals surface area (Å²) < 4.78 is 1.69. The van der Waals surface area contributed by atoms with Crippen molar-refractivity contribution >= 4 is 29.5 Å². The molecule has 0 aromatic carbocycles. The van der Waals surface area contributed by atoms with E-state index in [-0.39, 0.29) is 36.5 Å². The average molecular weight is 634 g/mol. The first-order valence-electron chi connectivity index (χ1n) is 16.2. The minimum atomic E-state index is -1.23. The molecule has 0 radical (unpaired) electrons. The Morgan fingerprint density at radius 1 is 0.978 bits per heavy atom. The maximum Gasteiger partial charge on any atom is 0.245 e. The molecule has 1 saturated carbocycles. The molecule has 4 unspecified atom stereocenters. The number of nitrogens with zero attached hydrogens (tertiary/aromatic N) is 2. The van der Waals surface area contributed by atoms with Crippen LogP contribution in [0.1, 0.15) is 97.4 Å². The maximum absolute atomic E-state index is 13.3. The zero-order chi connectivity index (χ0) is 33.9. The highest BCUT2D eigenvalue weighted by Crippen LogP contribution is 2.31. The molecule has 13 nitrogen and oxygen atoms in total. The van der Waals surface area contributed by atoms with Crippen LogP contribution in [-0.2, 0) is 30.5 Å². The molecule has 13 heteroatoms. The quantitative estimate of drug-likeness (QED) is 0.140. The number of carbonyl (C=O) groups excluding carboxylic acids is 5. The Kier molecular flexibility index (Phi) is 14.5. The van der Waals surface area contributed by atoms with Crippen LogP contribution < -0.4 is 27.0 Å². The lowest BCUT2D eigenvalue weighted by Gasteiger charge is -2.32. The molecule has 0 spiro atoms. The second-order valence-electron chi connectivity index (χ2n) is 13.5. The summed E-state index contributed by atoms with van der Waals surface area (Å²) >= 11 is 0. The third-order valence-corrected chi connectivity index (χ3v) is 8.20. The van der Waals surface area contributed by atoms with Gasteiger partial charge in [-0.25, -0.2) is 0 Å². The van der Waals surface area contributed by atoms with Crippen LogP contribution in [0.25, 0.3) is 0 Å². The minimum Gasteiger partial charge on any atom is -0.391 e. The van der Waals surface area contributed by atoms with Crippen LogP contribution in [0.4, 0.5) is 0 Å². The van der Waals surface area contributed by atoms with Gasteiger partial charge in [0.2, 0.25) is 29.5 Å². The standard InChI is InChI=1S/C32H55N7O6/c1-19(2)14-24(26(40)15-21(5)29(43)37-32(11-8-9-12-32)31(45)34-18-20(3)4)36-30(44)25(17-27(33)41)35-28(42)10-13-39-23(7)16-22(6)38-39/h16,19-21,24-26,40H,8-15,17-18H2,1-7H3,(H2,33,41)(H,34,45)(H,35,42)(H,36,44)(H,37,43). The van der Waals surface area contributed by atoms with Gasteiger partial charge in [-0.2, -0.15) is 5.10 Å². The summed E-state index contributed by atoms with van der Waals surface area (Å²) in [5, 5.41) is 26.9. The van der Waals surface area contributed by atoms with Gasteiger partial charge in [0.15, 0.2) is 0 Å². The first-order valence-corrected chi connectivity index (χ1v) is 16.2. The topological polar surface area (TPSA) is 198 Å². The molecule has 4 atom stereocenters. The highest BCUT2D eigenvalue weighted by molar-refractivity contribution is 5.93. The fourth-order valence-corrected chi connectivity index (χ4v) is 5.74. The third kappa shape index (κ3) is 12.1. The molecule has 0 bridgehead atoms. The van der Waals surface area contributed by atoms with Crippen molar-refractivity contribution in [1.82, 2.24) is 31.0 Å². The van der Waals surface area contributed by atoms with Gasteiger partial charge in [0.05, 0.1) is 24.3 Å². The highest BCUT2D eigenvalue weighted by Gasteiger charge is 2.43. The molecule has 1 heterocycles. The molecule has 0 saturated heterocycles. The number of aryl methyl sites for hydroxylation is 3. The summed E-state index contributed by atoms with van der Waals surface area (Å²) in [5.41, 5.74) is 6.15. The van der Waals surface area contributed by atoms with Gasteiger partial charge in [-0.1, -0.05) is 47.5 Å². The monoisotopic (exact) mass is 633 g/mol. The molecule has 254 valence electrons. The van der Waals surface area contributed by atoms with Gasteiger partial charge in [-0.05, 0) is 57.4 Å². The molecular weight excluding hydrogens is 578 g/mol. The Morgan fingerprint density at radius 3 is 2.16 bits per heavy atom. The van der Waals surface area contributed by atoms with Crippen LogP contribution in [0.3, 0.4) is 0 Å². The van der Waals surface area contributed by atoms with E-state index in [1.165, 1.54) is 0 Å². The van der Waals surface area contributed by atoms with Gasteiger partial charge in [-0.15, -0.1) is 0 Å². The average Bonchev–Trinajstić information content (AvgIpc) is 3.54. The lowest BCUT2D eigenvalue weighted by Crippen LogP contribution is -2.59. The summed E-state index contributed by atoms with van der Waals surface area (Å²) in [4.78, 5) is 64.2. The SMILES string of the molecule is Cc1cc(C)n(CCC(=O)NC(CC(N)=O)C(=O)NC(CC(C)C)C(O)CC(C)C(=O)NC2(C(=O)NCC(C)C)CCCC2)n1. The molecule has 1 aromatic heterocycles. The second kappa shape index (κ2) is 17.3. The van der Waals surface area contributed by atoms with Crippen molar-refractivity contribution in [3.05, 3.63) is 17.5 Å². The van der Waals surface area contributed by atoms with Gasteiger partial charge in [-0.3, -0.25) is 28.7 Å². The molecule has 1 aliphatic carbocycles. The van der Waals surface area contributed by atoms with Crippen molar-refractivity contribution < 1.29 is 29.1 Å². The van der Waals surface area contributed by atoms with Crippen molar-refractivity contribution in [2.24, 2.45) is 23.5 Å². The lowest BCUT2D eigenvalue weighted by molar-refractivity contribution is -0.136. The number of nitrogens with two attached hydrogens (primary N) is 1. The number of primary amides is 1. The number of aromatic nitrogens is 2. The van der Waals surface area contributed by atoms with E-state index in [9.17, 15) is 29.1 Å². The van der Waals surface area contributed by atoms with Crippen molar-refractivity contribution in [2.45, 2.75) is 130 Å². The van der Waals surface area contributed by atoms with E-state index < -0.39 is 53.8 Å². The van der Waals surface area contributed by atoms with Crippen LogP contribution in [-0.4, -0.2) is 74.7 Å². The van der Waals surface area contributed by atoms with Gasteiger partial charge in [0.1, 0.15) is 11.6 Å². The molecule has 1 aliphatic rings. The van der Waals surface area contributed by atoms with Crippen LogP contribution in [0.5, 0.6) is 0 Å². The first kappa shape index (κ1) is 37.7. The van der Waals surface area contributed by atoms with Crippen LogP contribution in [0.15, 0.2) is 6.07 Å². The molecule has 2 rings (SSSR count). The van der Waals surface area contributed by atoms with Crippen molar-refractivity contribution in [2.75, 3.05) is 6.54 Å². The molecule has 45 heavy (non-hydrogen) atoms. The highest BCUT2D eigenvalue weighted by atomic mass is 16.3. The number of rotatable bonds is 18. The Balaban J connectivity index is 2.06. The first-order chi connectivity index (χ1) is 21.0. The van der Waals surface area contributed by atoms with Crippen molar-refractivity contribution in [3.8, 4) is 0 Å². The van der Waals surface area contributed by atoms with Crippen LogP contribution in [0, 0.1) is 31.6 Å². The van der Waals surface area contributed by atoms with E-state index >= 15 is 0 Å². The number of aliphatic hydroxyl groups is 1. The smallest absolute Gasteiger partial charge is 0.245 e. The van der Waals surface area contributed by atoms with E-state index in [2.05, 4.69) is 26.4 Å². The van der Waals surface area contributed by atoms with Gasteiger partial charge < -0.3 is 32.1 Å². The number of amides is 5. The summed E-state index contributed by atoms with van der Waals surface area (Å²) in [6, 6.07) is -0.0993. The Hall–Kier alpha value is -3.48. The predicted molar refractivity (Wildman–Crippen MR) is 170 cm³/mol. The number of nitrogens with one attached hydrogen (secondary N) is 4. The minimum absolute atomic E-state index is 0.0304.